The Balaban J connectivity index is 1.65. The molecule has 1 saturated carbocycles. The first-order valence-electron chi connectivity index (χ1n) is 8.88. The van der Waals surface area contributed by atoms with Crippen LogP contribution in [0.2, 0.25) is 5.15 Å². The van der Waals surface area contributed by atoms with Gasteiger partial charge in [-0.05, 0) is 30.5 Å². The van der Waals surface area contributed by atoms with Crippen LogP contribution in [-0.2, 0) is 11.2 Å². The highest BCUT2D eigenvalue weighted by molar-refractivity contribution is 6.29. The van der Waals surface area contributed by atoms with Crippen molar-refractivity contribution in [2.45, 2.75) is 38.1 Å². The zero-order chi connectivity index (χ0) is 18.5. The normalized spacial score (nSPS) is 14.4. The van der Waals surface area contributed by atoms with Crippen LogP contribution in [0.1, 0.15) is 37.1 Å². The van der Waals surface area contributed by atoms with E-state index in [0.717, 1.165) is 24.1 Å². The number of nitrogens with two attached hydrogens (primary N) is 1. The number of aromatic nitrogens is 2. The Labute approximate surface area is 158 Å². The van der Waals surface area contributed by atoms with Crippen molar-refractivity contribution in [3.8, 4) is 0 Å². The van der Waals surface area contributed by atoms with E-state index in [1.807, 2.05) is 31.3 Å². The smallest absolute Gasteiger partial charge is 0.239 e. The van der Waals surface area contributed by atoms with Crippen molar-refractivity contribution in [1.29, 1.82) is 0 Å². The van der Waals surface area contributed by atoms with Crippen molar-refractivity contribution in [2.24, 2.45) is 0 Å². The van der Waals surface area contributed by atoms with Crippen LogP contribution in [-0.4, -0.2) is 35.5 Å². The molecule has 1 aliphatic rings. The highest BCUT2D eigenvalue weighted by atomic mass is 35.5. The molecule has 6 nitrogen and oxygen atoms in total. The second-order valence-electron chi connectivity index (χ2n) is 6.79. The lowest BCUT2D eigenvalue weighted by molar-refractivity contribution is -0.120. The van der Waals surface area contributed by atoms with E-state index < -0.39 is 0 Å². The molecule has 2 aromatic rings. The zero-order valence-electron chi connectivity index (χ0n) is 14.9. The lowest BCUT2D eigenvalue weighted by Gasteiger charge is -2.20. The van der Waals surface area contributed by atoms with E-state index in [1.54, 1.807) is 11.0 Å². The second kappa shape index (κ2) is 8.36. The summed E-state index contributed by atoms with van der Waals surface area (Å²) in [4.78, 5) is 22.9. The first-order valence-corrected chi connectivity index (χ1v) is 9.26. The van der Waals surface area contributed by atoms with Crippen LogP contribution in [0.4, 0.5) is 11.5 Å². The van der Waals surface area contributed by atoms with Gasteiger partial charge in [-0.15, -0.1) is 0 Å². The first kappa shape index (κ1) is 18.5. The molecule has 1 aromatic carbocycles. The van der Waals surface area contributed by atoms with E-state index in [2.05, 4.69) is 15.3 Å². The molecule has 0 radical (unpaired) electrons. The van der Waals surface area contributed by atoms with Gasteiger partial charge in [0.2, 0.25) is 5.91 Å². The van der Waals surface area contributed by atoms with Gasteiger partial charge in [0, 0.05) is 31.3 Å². The number of hydrogen-bond acceptors (Lipinski definition) is 5. The summed E-state index contributed by atoms with van der Waals surface area (Å²) >= 11 is 6.16. The van der Waals surface area contributed by atoms with E-state index in [1.165, 1.54) is 12.8 Å². The topological polar surface area (TPSA) is 84.1 Å². The van der Waals surface area contributed by atoms with Crippen molar-refractivity contribution in [3.05, 3.63) is 46.9 Å². The standard InChI is InChI=1S/C19H24ClN5O/c1-25(12-19(26)22-15-4-2-3-5-15)18-11-16(20)23-17(24-18)10-13-6-8-14(21)9-7-13/h6-9,11,15H,2-5,10,12,21H2,1H3,(H,22,26). The highest BCUT2D eigenvalue weighted by Crippen LogP contribution is 2.19. The molecule has 0 saturated heterocycles. The lowest BCUT2D eigenvalue weighted by atomic mass is 10.1. The summed E-state index contributed by atoms with van der Waals surface area (Å²) in [7, 11) is 1.83. The monoisotopic (exact) mass is 373 g/mol. The summed E-state index contributed by atoms with van der Waals surface area (Å²) in [5.74, 6) is 1.26. The van der Waals surface area contributed by atoms with Crippen molar-refractivity contribution in [3.63, 3.8) is 0 Å². The van der Waals surface area contributed by atoms with E-state index in [0.29, 0.717) is 29.3 Å². The van der Waals surface area contributed by atoms with Crippen LogP contribution in [0, 0.1) is 0 Å². The van der Waals surface area contributed by atoms with Crippen LogP contribution in [0.3, 0.4) is 0 Å². The average molecular weight is 374 g/mol. The van der Waals surface area contributed by atoms with Gasteiger partial charge in [-0.2, -0.15) is 0 Å². The quantitative estimate of drug-likeness (QED) is 0.600. The van der Waals surface area contributed by atoms with Gasteiger partial charge in [-0.25, -0.2) is 9.97 Å². The summed E-state index contributed by atoms with van der Waals surface area (Å²) in [6.45, 7) is 0.241. The molecule has 1 amide bonds. The molecule has 0 aliphatic heterocycles. The van der Waals surface area contributed by atoms with E-state index >= 15 is 0 Å². The minimum atomic E-state index is 0.00854. The van der Waals surface area contributed by atoms with Gasteiger partial charge in [0.1, 0.15) is 16.8 Å². The predicted molar refractivity (Wildman–Crippen MR) is 104 cm³/mol. The first-order chi connectivity index (χ1) is 12.5. The number of benzene rings is 1. The number of hydrogen-bond donors (Lipinski definition) is 2. The summed E-state index contributed by atoms with van der Waals surface area (Å²) in [5.41, 5.74) is 7.48. The minimum absolute atomic E-state index is 0.00854. The molecule has 1 aromatic heterocycles. The number of rotatable bonds is 6. The van der Waals surface area contributed by atoms with Crippen LogP contribution < -0.4 is 16.0 Å². The number of nitrogens with zero attached hydrogens (tertiary/aromatic N) is 3. The Morgan fingerprint density at radius 2 is 1.96 bits per heavy atom. The molecule has 3 rings (SSSR count). The Morgan fingerprint density at radius 1 is 1.27 bits per heavy atom. The Bertz CT molecular complexity index is 759. The minimum Gasteiger partial charge on any atom is -0.399 e. The summed E-state index contributed by atoms with van der Waals surface area (Å²) in [6, 6.07) is 9.57. The van der Waals surface area contributed by atoms with Crippen LogP contribution in [0.15, 0.2) is 30.3 Å². The van der Waals surface area contributed by atoms with Crippen LogP contribution in [0.5, 0.6) is 0 Å². The van der Waals surface area contributed by atoms with Gasteiger partial charge in [0.15, 0.2) is 0 Å². The Hall–Kier alpha value is -2.34. The van der Waals surface area contributed by atoms with Crippen molar-refractivity contribution in [2.75, 3.05) is 24.2 Å². The molecular formula is C19H24ClN5O. The number of anilines is 2. The van der Waals surface area contributed by atoms with E-state index in [-0.39, 0.29) is 12.5 Å². The molecule has 0 atom stereocenters. The maximum absolute atomic E-state index is 12.2. The molecule has 1 aliphatic carbocycles. The maximum Gasteiger partial charge on any atom is 0.239 e. The van der Waals surface area contributed by atoms with Gasteiger partial charge in [0.05, 0.1) is 6.54 Å². The van der Waals surface area contributed by atoms with Crippen LogP contribution in [0.25, 0.3) is 0 Å². The predicted octanol–water partition coefficient (Wildman–Crippen LogP) is 2.80. The van der Waals surface area contributed by atoms with Gasteiger partial charge in [0.25, 0.3) is 0 Å². The molecule has 138 valence electrons. The molecule has 0 unspecified atom stereocenters. The zero-order valence-corrected chi connectivity index (χ0v) is 15.7. The largest absolute Gasteiger partial charge is 0.399 e. The Morgan fingerprint density at radius 3 is 2.65 bits per heavy atom. The third-order valence-electron chi connectivity index (χ3n) is 4.56. The number of amides is 1. The molecule has 0 spiro atoms. The summed E-state index contributed by atoms with van der Waals surface area (Å²) < 4.78 is 0. The molecule has 0 bridgehead atoms. The fourth-order valence-corrected chi connectivity index (χ4v) is 3.38. The van der Waals surface area contributed by atoms with E-state index in [4.69, 9.17) is 17.3 Å². The molecule has 1 fully saturated rings. The number of carbonyl (C=O) groups excluding carboxylic acids is 1. The van der Waals surface area contributed by atoms with Crippen molar-refractivity contribution >= 4 is 29.0 Å². The van der Waals surface area contributed by atoms with Gasteiger partial charge < -0.3 is 16.0 Å². The number of halogens is 1. The number of likely N-dealkylation sites (N-methyl/N-ethyl adjacent to an activating group) is 1. The second-order valence-corrected chi connectivity index (χ2v) is 7.18. The Kier molecular flexibility index (Phi) is 5.93. The fourth-order valence-electron chi connectivity index (χ4n) is 3.18. The number of nitrogen functional groups attached to an aromatic ring is 1. The van der Waals surface area contributed by atoms with E-state index in [9.17, 15) is 4.79 Å². The number of nitrogens with one attached hydrogen (secondary N) is 1. The third kappa shape index (κ3) is 5.08. The number of carbonyl (C=O) groups is 1. The molecule has 26 heavy (non-hydrogen) atoms. The molecule has 3 N–H and O–H groups in total. The molecule has 1 heterocycles. The summed E-state index contributed by atoms with van der Waals surface area (Å²) in [6.07, 6.45) is 5.07. The summed E-state index contributed by atoms with van der Waals surface area (Å²) in [5, 5.41) is 3.45. The highest BCUT2D eigenvalue weighted by Gasteiger charge is 2.18. The van der Waals surface area contributed by atoms with Gasteiger partial charge in [-0.3, -0.25) is 4.79 Å². The van der Waals surface area contributed by atoms with Crippen molar-refractivity contribution < 1.29 is 4.79 Å². The third-order valence-corrected chi connectivity index (χ3v) is 4.76. The van der Waals surface area contributed by atoms with Gasteiger partial charge >= 0.3 is 0 Å². The SMILES string of the molecule is CN(CC(=O)NC1CCCC1)c1cc(Cl)nc(Cc2ccc(N)cc2)n1. The molecular weight excluding hydrogens is 350 g/mol. The van der Waals surface area contributed by atoms with Gasteiger partial charge in [-0.1, -0.05) is 36.6 Å². The fraction of sp³-hybridized carbons (Fsp3) is 0.421. The van der Waals surface area contributed by atoms with Crippen LogP contribution >= 0.6 is 11.6 Å². The maximum atomic E-state index is 12.2. The lowest BCUT2D eigenvalue weighted by Crippen LogP contribution is -2.40. The van der Waals surface area contributed by atoms with Crippen molar-refractivity contribution in [1.82, 2.24) is 15.3 Å². The molecule has 7 heteroatoms. The average Bonchev–Trinajstić information content (AvgIpc) is 3.09.